The molecule has 0 unspecified atom stereocenters. The second kappa shape index (κ2) is 12.6. The Hall–Kier alpha value is -2.08. The fraction of sp³-hybridized carbons (Fsp3) is 0.208. The molecule has 0 aliphatic rings. The number of carbonyl (C=O) groups is 1. The summed E-state index contributed by atoms with van der Waals surface area (Å²) in [7, 11) is 0. The van der Waals surface area contributed by atoms with E-state index in [1.807, 2.05) is 48.5 Å². The van der Waals surface area contributed by atoms with Crippen LogP contribution in [0.4, 0.5) is 0 Å². The normalized spacial score (nSPS) is 10.6. The number of hydrogen-bond donors (Lipinski definition) is 1. The standard InChI is InChI=1S/C24H24ClNO2S2/c25-21-6-4-5-19(17-21)18-29-15-13-26-24(27)20-9-11-22(12-10-20)28-14-16-30-23-7-2-1-3-8-23/h1-12,17H,13-16,18H2,(H,26,27). The molecule has 3 aromatic carbocycles. The second-order valence-electron chi connectivity index (χ2n) is 6.47. The van der Waals surface area contributed by atoms with E-state index in [1.165, 1.54) is 10.5 Å². The van der Waals surface area contributed by atoms with E-state index in [0.29, 0.717) is 18.7 Å². The van der Waals surface area contributed by atoms with Gasteiger partial charge in [0.05, 0.1) is 6.61 Å². The van der Waals surface area contributed by atoms with E-state index in [2.05, 4.69) is 23.5 Å². The SMILES string of the molecule is O=C(NCCSCc1cccc(Cl)c1)c1ccc(OCCSc2ccccc2)cc1. The molecule has 0 aromatic heterocycles. The molecule has 0 saturated heterocycles. The van der Waals surface area contributed by atoms with Crippen molar-refractivity contribution in [2.24, 2.45) is 0 Å². The zero-order chi connectivity index (χ0) is 21.0. The Bertz CT molecular complexity index is 920. The molecule has 0 spiro atoms. The highest BCUT2D eigenvalue weighted by Gasteiger charge is 2.05. The molecule has 1 amide bonds. The van der Waals surface area contributed by atoms with Gasteiger partial charge in [0.25, 0.3) is 5.91 Å². The molecular formula is C24H24ClNO2S2. The van der Waals surface area contributed by atoms with Crippen LogP contribution < -0.4 is 10.1 Å². The maximum Gasteiger partial charge on any atom is 0.251 e. The number of amides is 1. The summed E-state index contributed by atoms with van der Waals surface area (Å²) in [6, 6.07) is 25.4. The summed E-state index contributed by atoms with van der Waals surface area (Å²) in [6.07, 6.45) is 0. The number of ether oxygens (including phenoxy) is 1. The van der Waals surface area contributed by atoms with Crippen LogP contribution in [-0.2, 0) is 5.75 Å². The maximum atomic E-state index is 12.3. The van der Waals surface area contributed by atoms with Crippen molar-refractivity contribution in [3.8, 4) is 5.75 Å². The number of rotatable bonds is 11. The largest absolute Gasteiger partial charge is 0.493 e. The number of halogens is 1. The highest BCUT2D eigenvalue weighted by molar-refractivity contribution is 7.99. The number of nitrogens with one attached hydrogen (secondary N) is 1. The fourth-order valence-electron chi connectivity index (χ4n) is 2.69. The highest BCUT2D eigenvalue weighted by Crippen LogP contribution is 2.18. The van der Waals surface area contributed by atoms with Crippen LogP contribution in [0.3, 0.4) is 0 Å². The number of carbonyl (C=O) groups excluding carboxylic acids is 1. The topological polar surface area (TPSA) is 38.3 Å². The molecule has 0 aliphatic carbocycles. The average molecular weight is 458 g/mol. The Morgan fingerprint density at radius 2 is 1.73 bits per heavy atom. The van der Waals surface area contributed by atoms with Gasteiger partial charge in [-0.1, -0.05) is 41.9 Å². The van der Waals surface area contributed by atoms with Crippen LogP contribution in [0.5, 0.6) is 5.75 Å². The molecule has 0 heterocycles. The third-order valence-corrected chi connectivity index (χ3v) is 6.41. The quantitative estimate of drug-likeness (QED) is 0.276. The third kappa shape index (κ3) is 7.98. The molecule has 1 N–H and O–H groups in total. The van der Waals surface area contributed by atoms with E-state index in [1.54, 1.807) is 35.7 Å². The van der Waals surface area contributed by atoms with Gasteiger partial charge in [0, 0.05) is 39.3 Å². The van der Waals surface area contributed by atoms with Gasteiger partial charge in [0.1, 0.15) is 5.75 Å². The predicted octanol–water partition coefficient (Wildman–Crippen LogP) is 6.17. The summed E-state index contributed by atoms with van der Waals surface area (Å²) >= 11 is 9.52. The first-order chi connectivity index (χ1) is 14.7. The minimum atomic E-state index is -0.0652. The fourth-order valence-corrected chi connectivity index (χ4v) is 4.46. The molecular weight excluding hydrogens is 434 g/mol. The third-order valence-electron chi connectivity index (χ3n) is 4.17. The van der Waals surface area contributed by atoms with Gasteiger partial charge in [0.15, 0.2) is 0 Å². The molecule has 30 heavy (non-hydrogen) atoms. The summed E-state index contributed by atoms with van der Waals surface area (Å²) in [6.45, 7) is 1.24. The lowest BCUT2D eigenvalue weighted by atomic mass is 10.2. The van der Waals surface area contributed by atoms with E-state index < -0.39 is 0 Å². The Morgan fingerprint density at radius 3 is 2.50 bits per heavy atom. The summed E-state index contributed by atoms with van der Waals surface area (Å²) in [5.41, 5.74) is 1.83. The molecule has 156 valence electrons. The van der Waals surface area contributed by atoms with Crippen LogP contribution in [0.15, 0.2) is 83.8 Å². The van der Waals surface area contributed by atoms with Crippen LogP contribution in [0.25, 0.3) is 0 Å². The van der Waals surface area contributed by atoms with E-state index in [-0.39, 0.29) is 5.91 Å². The zero-order valence-corrected chi connectivity index (χ0v) is 18.9. The van der Waals surface area contributed by atoms with Crippen molar-refractivity contribution in [3.63, 3.8) is 0 Å². The smallest absolute Gasteiger partial charge is 0.251 e. The van der Waals surface area contributed by atoms with Crippen LogP contribution in [-0.4, -0.2) is 30.6 Å². The van der Waals surface area contributed by atoms with E-state index in [9.17, 15) is 4.79 Å². The number of thioether (sulfide) groups is 2. The lowest BCUT2D eigenvalue weighted by molar-refractivity contribution is 0.0956. The van der Waals surface area contributed by atoms with Gasteiger partial charge < -0.3 is 10.1 Å². The van der Waals surface area contributed by atoms with Crippen molar-refractivity contribution < 1.29 is 9.53 Å². The van der Waals surface area contributed by atoms with Crippen LogP contribution in [0, 0.1) is 0 Å². The molecule has 3 nitrogen and oxygen atoms in total. The molecule has 3 rings (SSSR count). The van der Waals surface area contributed by atoms with E-state index in [0.717, 1.165) is 28.0 Å². The van der Waals surface area contributed by atoms with E-state index in [4.69, 9.17) is 16.3 Å². The van der Waals surface area contributed by atoms with Crippen molar-refractivity contribution in [3.05, 3.63) is 95.0 Å². The summed E-state index contributed by atoms with van der Waals surface area (Å²) in [4.78, 5) is 13.5. The van der Waals surface area contributed by atoms with E-state index >= 15 is 0 Å². The van der Waals surface area contributed by atoms with Gasteiger partial charge in [-0.2, -0.15) is 11.8 Å². The minimum absolute atomic E-state index is 0.0652. The first-order valence-corrected chi connectivity index (χ1v) is 12.2. The van der Waals surface area contributed by atoms with Crippen molar-refractivity contribution >= 4 is 41.0 Å². The number of hydrogen-bond acceptors (Lipinski definition) is 4. The lowest BCUT2D eigenvalue weighted by Crippen LogP contribution is -2.25. The molecule has 0 fully saturated rings. The molecule has 0 radical (unpaired) electrons. The highest BCUT2D eigenvalue weighted by atomic mass is 35.5. The maximum absolute atomic E-state index is 12.3. The summed E-state index contributed by atoms with van der Waals surface area (Å²) < 4.78 is 5.76. The van der Waals surface area contributed by atoms with Gasteiger partial charge in [-0.15, -0.1) is 11.8 Å². The van der Waals surface area contributed by atoms with Gasteiger partial charge in [-0.05, 0) is 54.1 Å². The van der Waals surface area contributed by atoms with Crippen LogP contribution in [0.2, 0.25) is 5.02 Å². The molecule has 3 aromatic rings. The lowest BCUT2D eigenvalue weighted by Gasteiger charge is -2.08. The van der Waals surface area contributed by atoms with Crippen molar-refractivity contribution in [1.82, 2.24) is 5.32 Å². The zero-order valence-electron chi connectivity index (χ0n) is 16.6. The molecule has 0 bridgehead atoms. The van der Waals surface area contributed by atoms with Crippen LogP contribution >= 0.6 is 35.1 Å². The Balaban J connectivity index is 1.31. The van der Waals surface area contributed by atoms with Crippen molar-refractivity contribution in [1.29, 1.82) is 0 Å². The van der Waals surface area contributed by atoms with Crippen molar-refractivity contribution in [2.75, 3.05) is 24.7 Å². The second-order valence-corrected chi connectivity index (χ2v) is 9.18. The molecule has 0 aliphatic heterocycles. The monoisotopic (exact) mass is 457 g/mol. The summed E-state index contributed by atoms with van der Waals surface area (Å²) in [5.74, 6) is 3.31. The van der Waals surface area contributed by atoms with Gasteiger partial charge in [0.2, 0.25) is 0 Å². The Morgan fingerprint density at radius 1 is 0.933 bits per heavy atom. The molecule has 0 saturated carbocycles. The Labute approximate surface area is 191 Å². The van der Waals surface area contributed by atoms with Gasteiger partial charge >= 0.3 is 0 Å². The molecule has 0 atom stereocenters. The predicted molar refractivity (Wildman–Crippen MR) is 129 cm³/mol. The Kier molecular flexibility index (Phi) is 9.48. The van der Waals surface area contributed by atoms with Crippen LogP contribution in [0.1, 0.15) is 15.9 Å². The number of benzene rings is 3. The first-order valence-electron chi connectivity index (χ1n) is 9.72. The molecule has 6 heteroatoms. The average Bonchev–Trinajstić information content (AvgIpc) is 2.77. The van der Waals surface area contributed by atoms with Gasteiger partial charge in [-0.3, -0.25) is 4.79 Å². The minimum Gasteiger partial charge on any atom is -0.493 e. The van der Waals surface area contributed by atoms with Crippen molar-refractivity contribution in [2.45, 2.75) is 10.6 Å². The van der Waals surface area contributed by atoms with Gasteiger partial charge in [-0.25, -0.2) is 0 Å². The summed E-state index contributed by atoms with van der Waals surface area (Å²) in [5, 5.41) is 3.71. The first kappa shape index (κ1) is 22.6.